The van der Waals surface area contributed by atoms with E-state index in [2.05, 4.69) is 4.72 Å². The molecule has 9 heteroatoms. The fraction of sp³-hybridized carbons (Fsp3) is 0.522. The van der Waals surface area contributed by atoms with Gasteiger partial charge in [-0.2, -0.15) is 0 Å². The zero-order chi connectivity index (χ0) is 23.5. The molecule has 0 saturated carbocycles. The van der Waals surface area contributed by atoms with Crippen molar-refractivity contribution < 1.29 is 22.7 Å². The maximum Gasteiger partial charge on any atom is 0.257 e. The Morgan fingerprint density at radius 1 is 1.09 bits per heavy atom. The van der Waals surface area contributed by atoms with Gasteiger partial charge in [-0.1, -0.05) is 6.07 Å². The lowest BCUT2D eigenvalue weighted by Gasteiger charge is -2.27. The number of nitrogens with one attached hydrogen (secondary N) is 1. The highest BCUT2D eigenvalue weighted by Gasteiger charge is 2.33. The Morgan fingerprint density at radius 2 is 1.78 bits per heavy atom. The number of benzene rings is 1. The number of amides is 1. The molecule has 3 rings (SSSR count). The highest BCUT2D eigenvalue weighted by atomic mass is 32.2. The molecule has 1 fully saturated rings. The predicted molar refractivity (Wildman–Crippen MR) is 123 cm³/mol. The summed E-state index contributed by atoms with van der Waals surface area (Å²) in [5, 5.41) is 0. The van der Waals surface area contributed by atoms with Crippen LogP contribution in [0.4, 0.5) is 0 Å². The largest absolute Gasteiger partial charge is 0.493 e. The molecule has 1 N–H and O–H groups in total. The van der Waals surface area contributed by atoms with E-state index >= 15 is 0 Å². The van der Waals surface area contributed by atoms with Crippen molar-refractivity contribution in [2.75, 3.05) is 26.8 Å². The summed E-state index contributed by atoms with van der Waals surface area (Å²) in [6.45, 7) is 7.29. The molecule has 0 unspecified atom stereocenters. The second-order valence-corrected chi connectivity index (χ2v) is 9.73. The maximum atomic E-state index is 13.4. The van der Waals surface area contributed by atoms with E-state index in [4.69, 9.17) is 9.47 Å². The second-order valence-electron chi connectivity index (χ2n) is 8.03. The van der Waals surface area contributed by atoms with E-state index in [-0.39, 0.29) is 22.9 Å². The molecule has 2 aromatic rings. The van der Waals surface area contributed by atoms with Crippen molar-refractivity contribution in [3.05, 3.63) is 40.7 Å². The average molecular weight is 464 g/mol. The summed E-state index contributed by atoms with van der Waals surface area (Å²) in [6.07, 6.45) is 2.97. The topological polar surface area (TPSA) is 89.9 Å². The van der Waals surface area contributed by atoms with Crippen molar-refractivity contribution in [3.63, 3.8) is 0 Å². The highest BCUT2D eigenvalue weighted by Crippen LogP contribution is 2.30. The van der Waals surface area contributed by atoms with E-state index in [0.29, 0.717) is 42.6 Å². The number of rotatable bonds is 8. The van der Waals surface area contributed by atoms with Crippen LogP contribution < -0.4 is 14.2 Å². The van der Waals surface area contributed by atoms with Crippen LogP contribution in [0.3, 0.4) is 0 Å². The number of hydrogen-bond donors (Lipinski definition) is 1. The van der Waals surface area contributed by atoms with Crippen molar-refractivity contribution in [3.8, 4) is 11.5 Å². The minimum Gasteiger partial charge on any atom is -0.493 e. The van der Waals surface area contributed by atoms with Gasteiger partial charge in [0.05, 0.1) is 19.3 Å². The first-order valence-electron chi connectivity index (χ1n) is 11.0. The van der Waals surface area contributed by atoms with Gasteiger partial charge in [0.1, 0.15) is 4.90 Å². The molecule has 1 aromatic carbocycles. The van der Waals surface area contributed by atoms with Gasteiger partial charge in [0.15, 0.2) is 11.5 Å². The molecular weight excluding hydrogens is 430 g/mol. The summed E-state index contributed by atoms with van der Waals surface area (Å²) in [7, 11) is -0.608. The van der Waals surface area contributed by atoms with Crippen molar-refractivity contribution in [2.45, 2.75) is 51.5 Å². The lowest BCUT2D eigenvalue weighted by atomic mass is 10.1. The lowest BCUT2D eigenvalue weighted by molar-refractivity contribution is 0.0719. The molecule has 2 heterocycles. The van der Waals surface area contributed by atoms with E-state index in [0.717, 1.165) is 24.8 Å². The first kappa shape index (κ1) is 24.1. The normalized spacial score (nSPS) is 14.5. The quantitative estimate of drug-likeness (QED) is 0.650. The number of likely N-dealkylation sites (tertiary alicyclic amines) is 1. The second kappa shape index (κ2) is 9.95. The van der Waals surface area contributed by atoms with Crippen LogP contribution in [0.25, 0.3) is 0 Å². The molecule has 1 aliphatic heterocycles. The van der Waals surface area contributed by atoms with E-state index < -0.39 is 10.0 Å². The van der Waals surface area contributed by atoms with Gasteiger partial charge in [-0.15, -0.1) is 0 Å². The Labute approximate surface area is 190 Å². The van der Waals surface area contributed by atoms with Gasteiger partial charge >= 0.3 is 0 Å². The fourth-order valence-corrected chi connectivity index (χ4v) is 5.63. The Bertz CT molecular complexity index is 1090. The fourth-order valence-electron chi connectivity index (χ4n) is 4.10. The SMILES string of the molecule is CCOc1ccc(CNS(=O)(=O)c2c(C(=O)N3CCCCC3)c(C)n(C)c2C)cc1OC. The highest BCUT2D eigenvalue weighted by molar-refractivity contribution is 7.89. The van der Waals surface area contributed by atoms with E-state index in [1.807, 2.05) is 6.92 Å². The standard InChI is InChI=1S/C23H33N3O5S/c1-6-31-19-11-10-18(14-20(19)30-5)15-24-32(28,29)22-17(3)25(4)16(2)21(22)23(27)26-12-8-7-9-13-26/h10-11,14,24H,6-9,12-13,15H2,1-5H3. The molecule has 0 bridgehead atoms. The van der Waals surface area contributed by atoms with Crippen LogP contribution in [0, 0.1) is 13.8 Å². The molecule has 1 aromatic heterocycles. The summed E-state index contributed by atoms with van der Waals surface area (Å²) < 4.78 is 42.1. The first-order chi connectivity index (χ1) is 15.2. The number of piperidine rings is 1. The molecule has 1 aliphatic rings. The van der Waals surface area contributed by atoms with Crippen LogP contribution in [-0.4, -0.2) is 50.6 Å². The van der Waals surface area contributed by atoms with Gasteiger partial charge in [-0.05, 0) is 57.7 Å². The summed E-state index contributed by atoms with van der Waals surface area (Å²) in [6, 6.07) is 5.30. The van der Waals surface area contributed by atoms with Gasteiger partial charge in [0.2, 0.25) is 10.0 Å². The van der Waals surface area contributed by atoms with Crippen LogP contribution in [0.15, 0.2) is 23.1 Å². The number of ether oxygens (including phenoxy) is 2. The van der Waals surface area contributed by atoms with Crippen molar-refractivity contribution in [1.82, 2.24) is 14.2 Å². The summed E-state index contributed by atoms with van der Waals surface area (Å²) >= 11 is 0. The molecule has 1 saturated heterocycles. The minimum absolute atomic E-state index is 0.0611. The third-order valence-electron chi connectivity index (χ3n) is 6.04. The van der Waals surface area contributed by atoms with Gasteiger partial charge in [0.25, 0.3) is 5.91 Å². The molecule has 176 valence electrons. The van der Waals surface area contributed by atoms with Gasteiger partial charge in [0, 0.05) is 38.1 Å². The van der Waals surface area contributed by atoms with Crippen LogP contribution in [0.2, 0.25) is 0 Å². The maximum absolute atomic E-state index is 13.4. The molecule has 0 atom stereocenters. The average Bonchev–Trinajstić information content (AvgIpc) is 3.03. The number of aromatic nitrogens is 1. The number of nitrogens with zero attached hydrogens (tertiary/aromatic N) is 2. The number of carbonyl (C=O) groups is 1. The zero-order valence-corrected chi connectivity index (χ0v) is 20.3. The predicted octanol–water partition coefficient (Wildman–Crippen LogP) is 3.15. The Balaban J connectivity index is 1.90. The molecule has 1 amide bonds. The lowest BCUT2D eigenvalue weighted by Crippen LogP contribution is -2.37. The van der Waals surface area contributed by atoms with E-state index in [1.54, 1.807) is 55.7 Å². The van der Waals surface area contributed by atoms with Crippen molar-refractivity contribution >= 4 is 15.9 Å². The molecular formula is C23H33N3O5S. The van der Waals surface area contributed by atoms with Gasteiger partial charge < -0.3 is 18.9 Å². The molecule has 32 heavy (non-hydrogen) atoms. The van der Waals surface area contributed by atoms with Crippen LogP contribution in [0.1, 0.15) is 53.5 Å². The smallest absolute Gasteiger partial charge is 0.257 e. The minimum atomic E-state index is -3.94. The van der Waals surface area contributed by atoms with E-state index in [1.165, 1.54) is 0 Å². The van der Waals surface area contributed by atoms with Crippen LogP contribution in [-0.2, 0) is 23.6 Å². The van der Waals surface area contributed by atoms with Crippen molar-refractivity contribution in [1.29, 1.82) is 0 Å². The molecule has 0 radical (unpaired) electrons. The zero-order valence-electron chi connectivity index (χ0n) is 19.5. The van der Waals surface area contributed by atoms with Gasteiger partial charge in [-0.25, -0.2) is 13.1 Å². The van der Waals surface area contributed by atoms with Crippen LogP contribution in [0.5, 0.6) is 11.5 Å². The number of carbonyl (C=O) groups excluding carboxylic acids is 1. The number of methoxy groups -OCH3 is 1. The van der Waals surface area contributed by atoms with Gasteiger partial charge in [-0.3, -0.25) is 4.79 Å². The molecule has 0 spiro atoms. The Morgan fingerprint density at radius 3 is 2.41 bits per heavy atom. The van der Waals surface area contributed by atoms with E-state index in [9.17, 15) is 13.2 Å². The molecule has 0 aliphatic carbocycles. The third-order valence-corrected chi connectivity index (χ3v) is 7.61. The monoisotopic (exact) mass is 463 g/mol. The van der Waals surface area contributed by atoms with Crippen LogP contribution >= 0.6 is 0 Å². The summed E-state index contributed by atoms with van der Waals surface area (Å²) in [5.74, 6) is 0.927. The number of hydrogen-bond acceptors (Lipinski definition) is 5. The first-order valence-corrected chi connectivity index (χ1v) is 12.4. The third kappa shape index (κ3) is 4.78. The Kier molecular flexibility index (Phi) is 7.51. The molecule has 8 nitrogen and oxygen atoms in total. The summed E-state index contributed by atoms with van der Waals surface area (Å²) in [4.78, 5) is 15.1. The Hall–Kier alpha value is -2.52. The summed E-state index contributed by atoms with van der Waals surface area (Å²) in [5.41, 5.74) is 2.19. The van der Waals surface area contributed by atoms with Crippen molar-refractivity contribution in [2.24, 2.45) is 7.05 Å². The number of sulfonamides is 1.